The van der Waals surface area contributed by atoms with Gasteiger partial charge in [-0.2, -0.15) is 0 Å². The summed E-state index contributed by atoms with van der Waals surface area (Å²) in [6, 6.07) is -0.583. The summed E-state index contributed by atoms with van der Waals surface area (Å²) in [7, 11) is 0. The SMILES string of the molecule is CCOC(=O)[C@@H](CN)CNC(=O)[C@@H]1CCCN1C(=O)OC(C)(C)C. The van der Waals surface area contributed by atoms with Gasteiger partial charge in [0.15, 0.2) is 0 Å². The van der Waals surface area contributed by atoms with Crippen molar-refractivity contribution in [3.63, 3.8) is 0 Å². The van der Waals surface area contributed by atoms with E-state index in [0.29, 0.717) is 13.0 Å². The molecule has 24 heavy (non-hydrogen) atoms. The topological polar surface area (TPSA) is 111 Å². The molecule has 1 fully saturated rings. The lowest BCUT2D eigenvalue weighted by Crippen LogP contribution is -2.49. The van der Waals surface area contributed by atoms with Crippen LogP contribution < -0.4 is 11.1 Å². The van der Waals surface area contributed by atoms with Crippen molar-refractivity contribution in [2.24, 2.45) is 11.7 Å². The van der Waals surface area contributed by atoms with Crippen molar-refractivity contribution in [3.8, 4) is 0 Å². The van der Waals surface area contributed by atoms with Gasteiger partial charge in [0.1, 0.15) is 11.6 Å². The summed E-state index contributed by atoms with van der Waals surface area (Å²) in [4.78, 5) is 37.7. The van der Waals surface area contributed by atoms with E-state index >= 15 is 0 Å². The fourth-order valence-electron chi connectivity index (χ4n) is 2.44. The second kappa shape index (κ2) is 8.86. The predicted octanol–water partition coefficient (Wildman–Crippen LogP) is 0.640. The maximum Gasteiger partial charge on any atom is 0.410 e. The van der Waals surface area contributed by atoms with Crippen LogP contribution in [0.4, 0.5) is 4.79 Å². The van der Waals surface area contributed by atoms with Crippen molar-refractivity contribution >= 4 is 18.0 Å². The van der Waals surface area contributed by atoms with Crippen molar-refractivity contribution in [2.75, 3.05) is 26.2 Å². The molecule has 0 bridgehead atoms. The summed E-state index contributed by atoms with van der Waals surface area (Å²) >= 11 is 0. The smallest absolute Gasteiger partial charge is 0.410 e. The monoisotopic (exact) mass is 343 g/mol. The highest BCUT2D eigenvalue weighted by molar-refractivity contribution is 5.86. The van der Waals surface area contributed by atoms with Crippen molar-refractivity contribution in [2.45, 2.75) is 52.2 Å². The average Bonchev–Trinajstić information content (AvgIpc) is 2.95. The highest BCUT2D eigenvalue weighted by atomic mass is 16.6. The maximum absolute atomic E-state index is 12.4. The minimum atomic E-state index is -0.616. The molecule has 138 valence electrons. The molecule has 0 saturated carbocycles. The van der Waals surface area contributed by atoms with Gasteiger partial charge in [-0.25, -0.2) is 4.79 Å². The predicted molar refractivity (Wildman–Crippen MR) is 88.1 cm³/mol. The molecule has 0 spiro atoms. The zero-order valence-electron chi connectivity index (χ0n) is 15.0. The number of amides is 2. The number of carbonyl (C=O) groups is 3. The largest absolute Gasteiger partial charge is 0.466 e. The van der Waals surface area contributed by atoms with E-state index in [1.54, 1.807) is 27.7 Å². The van der Waals surface area contributed by atoms with Crippen LogP contribution in [0.2, 0.25) is 0 Å². The Kier molecular flexibility index (Phi) is 7.47. The summed E-state index contributed by atoms with van der Waals surface area (Å²) in [6.07, 6.45) is 0.800. The van der Waals surface area contributed by atoms with Gasteiger partial charge in [-0.15, -0.1) is 0 Å². The molecule has 0 aromatic rings. The van der Waals surface area contributed by atoms with Gasteiger partial charge in [0.2, 0.25) is 5.91 Å². The fourth-order valence-corrected chi connectivity index (χ4v) is 2.44. The Labute approximate surface area is 143 Å². The van der Waals surface area contributed by atoms with Crippen molar-refractivity contribution < 1.29 is 23.9 Å². The second-order valence-corrected chi connectivity index (χ2v) is 6.76. The Bertz CT molecular complexity index is 461. The van der Waals surface area contributed by atoms with E-state index in [2.05, 4.69) is 5.32 Å². The molecule has 0 aromatic heterocycles. The second-order valence-electron chi connectivity index (χ2n) is 6.76. The van der Waals surface area contributed by atoms with E-state index in [4.69, 9.17) is 15.2 Å². The number of nitrogens with one attached hydrogen (secondary N) is 1. The zero-order chi connectivity index (χ0) is 18.3. The lowest BCUT2D eigenvalue weighted by atomic mass is 10.1. The van der Waals surface area contributed by atoms with Crippen LogP contribution in [0.5, 0.6) is 0 Å². The number of hydrogen-bond acceptors (Lipinski definition) is 6. The summed E-state index contributed by atoms with van der Waals surface area (Å²) < 4.78 is 10.2. The zero-order valence-corrected chi connectivity index (χ0v) is 15.0. The Morgan fingerprint density at radius 2 is 2.00 bits per heavy atom. The molecule has 2 atom stereocenters. The fraction of sp³-hybridized carbons (Fsp3) is 0.812. The van der Waals surface area contributed by atoms with Gasteiger partial charge in [-0.1, -0.05) is 0 Å². The van der Waals surface area contributed by atoms with Gasteiger partial charge >= 0.3 is 12.1 Å². The van der Waals surface area contributed by atoms with E-state index < -0.39 is 29.6 Å². The maximum atomic E-state index is 12.4. The van der Waals surface area contributed by atoms with Gasteiger partial charge in [0.05, 0.1) is 12.5 Å². The third-order valence-electron chi connectivity index (χ3n) is 3.61. The van der Waals surface area contributed by atoms with Crippen molar-refractivity contribution in [1.29, 1.82) is 0 Å². The number of rotatable bonds is 6. The van der Waals surface area contributed by atoms with E-state index in [1.807, 2.05) is 0 Å². The first-order valence-electron chi connectivity index (χ1n) is 8.33. The first-order valence-corrected chi connectivity index (χ1v) is 8.33. The van der Waals surface area contributed by atoms with Gasteiger partial charge < -0.3 is 20.5 Å². The van der Waals surface area contributed by atoms with Crippen molar-refractivity contribution in [3.05, 3.63) is 0 Å². The van der Waals surface area contributed by atoms with Gasteiger partial charge in [-0.05, 0) is 40.5 Å². The van der Waals surface area contributed by atoms with E-state index in [0.717, 1.165) is 6.42 Å². The van der Waals surface area contributed by atoms with Crippen LogP contribution in [0.1, 0.15) is 40.5 Å². The molecule has 1 saturated heterocycles. The summed E-state index contributed by atoms with van der Waals surface area (Å²) in [5.74, 6) is -1.33. The van der Waals surface area contributed by atoms with E-state index in [-0.39, 0.29) is 25.6 Å². The van der Waals surface area contributed by atoms with Crippen LogP contribution in [0, 0.1) is 5.92 Å². The van der Waals surface area contributed by atoms with E-state index in [1.165, 1.54) is 4.90 Å². The molecular formula is C16H29N3O5. The minimum Gasteiger partial charge on any atom is -0.466 e. The molecule has 3 N–H and O–H groups in total. The summed E-state index contributed by atoms with van der Waals surface area (Å²) in [6.45, 7) is 7.96. The number of ether oxygens (including phenoxy) is 2. The summed E-state index contributed by atoms with van der Waals surface area (Å²) in [5.41, 5.74) is 4.94. The lowest BCUT2D eigenvalue weighted by Gasteiger charge is -2.28. The standard InChI is InChI=1S/C16H29N3O5/c1-5-23-14(21)11(9-17)10-18-13(20)12-7-6-8-19(12)15(22)24-16(2,3)4/h11-12H,5-10,17H2,1-4H3,(H,18,20)/t11-,12-/m0/s1. The lowest BCUT2D eigenvalue weighted by molar-refractivity contribution is -0.147. The van der Waals surface area contributed by atoms with Crippen molar-refractivity contribution in [1.82, 2.24) is 10.2 Å². The molecule has 1 aliphatic rings. The number of hydrogen-bond donors (Lipinski definition) is 2. The Balaban J connectivity index is 2.59. The third kappa shape index (κ3) is 5.99. The van der Waals surface area contributed by atoms with Crippen LogP contribution in [0.25, 0.3) is 0 Å². The minimum absolute atomic E-state index is 0.0829. The van der Waals surface area contributed by atoms with Gasteiger partial charge in [0.25, 0.3) is 0 Å². The summed E-state index contributed by atoms with van der Waals surface area (Å²) in [5, 5.41) is 2.69. The van der Waals surface area contributed by atoms with Crippen LogP contribution in [0.3, 0.4) is 0 Å². The molecule has 8 heteroatoms. The Hall–Kier alpha value is -1.83. The van der Waals surface area contributed by atoms with Crippen LogP contribution in [-0.2, 0) is 19.1 Å². The number of esters is 1. The molecular weight excluding hydrogens is 314 g/mol. The Morgan fingerprint density at radius 3 is 2.54 bits per heavy atom. The molecule has 0 unspecified atom stereocenters. The molecule has 1 rings (SSSR count). The number of carbonyl (C=O) groups excluding carboxylic acids is 3. The molecule has 0 radical (unpaired) electrons. The van der Waals surface area contributed by atoms with E-state index in [9.17, 15) is 14.4 Å². The quantitative estimate of drug-likeness (QED) is 0.685. The van der Waals surface area contributed by atoms with Crippen LogP contribution in [-0.4, -0.2) is 60.8 Å². The number of likely N-dealkylation sites (tertiary alicyclic amines) is 1. The highest BCUT2D eigenvalue weighted by Gasteiger charge is 2.36. The molecule has 2 amide bonds. The number of nitrogens with two attached hydrogens (primary N) is 1. The third-order valence-corrected chi connectivity index (χ3v) is 3.61. The first kappa shape index (κ1) is 20.2. The molecule has 8 nitrogen and oxygen atoms in total. The normalized spacial score (nSPS) is 18.9. The van der Waals surface area contributed by atoms with Crippen LogP contribution >= 0.6 is 0 Å². The van der Waals surface area contributed by atoms with Gasteiger partial charge in [0, 0.05) is 19.6 Å². The molecule has 1 aliphatic heterocycles. The van der Waals surface area contributed by atoms with Crippen LogP contribution in [0.15, 0.2) is 0 Å². The average molecular weight is 343 g/mol. The molecule has 1 heterocycles. The first-order chi connectivity index (χ1) is 11.2. The number of nitrogens with zero attached hydrogens (tertiary/aromatic N) is 1. The Morgan fingerprint density at radius 1 is 1.33 bits per heavy atom. The highest BCUT2D eigenvalue weighted by Crippen LogP contribution is 2.21. The van der Waals surface area contributed by atoms with Gasteiger partial charge in [-0.3, -0.25) is 14.5 Å². The molecule has 0 aromatic carbocycles. The molecule has 0 aliphatic carbocycles.